The average molecular weight is 524 g/mol. The van der Waals surface area contributed by atoms with Gasteiger partial charge in [-0.15, -0.1) is 11.3 Å². The SMILES string of the molecule is CC(C)(C)OC(=O)Nc1nc(CC[C@H](NC(=O)OCC2c3ccccc3-c3ccccc32)C(=O)O)cs1. The molecule has 4 rings (SSSR count). The predicted molar refractivity (Wildman–Crippen MR) is 140 cm³/mol. The lowest BCUT2D eigenvalue weighted by molar-refractivity contribution is -0.139. The first-order valence-corrected chi connectivity index (χ1v) is 12.8. The molecule has 1 aromatic heterocycles. The molecule has 1 aliphatic carbocycles. The number of thiazole rings is 1. The fourth-order valence-corrected chi connectivity index (χ4v) is 4.93. The van der Waals surface area contributed by atoms with E-state index >= 15 is 0 Å². The van der Waals surface area contributed by atoms with Crippen LogP contribution in [0.15, 0.2) is 53.9 Å². The van der Waals surface area contributed by atoms with Crippen molar-refractivity contribution >= 4 is 34.6 Å². The quantitative estimate of drug-likeness (QED) is 0.360. The second-order valence-electron chi connectivity index (χ2n) is 9.67. The van der Waals surface area contributed by atoms with Gasteiger partial charge in [-0.3, -0.25) is 5.32 Å². The van der Waals surface area contributed by atoms with Gasteiger partial charge in [-0.25, -0.2) is 19.4 Å². The summed E-state index contributed by atoms with van der Waals surface area (Å²) in [6, 6.07) is 14.8. The highest BCUT2D eigenvalue weighted by atomic mass is 32.1. The molecule has 0 spiro atoms. The topological polar surface area (TPSA) is 127 Å². The number of alkyl carbamates (subject to hydrolysis) is 1. The minimum Gasteiger partial charge on any atom is -0.480 e. The minimum absolute atomic E-state index is 0.0952. The summed E-state index contributed by atoms with van der Waals surface area (Å²) in [5.74, 6) is -1.29. The number of aliphatic carboxylic acids is 1. The summed E-state index contributed by atoms with van der Waals surface area (Å²) in [6.45, 7) is 5.37. The van der Waals surface area contributed by atoms with Crippen LogP contribution in [0.5, 0.6) is 0 Å². The maximum absolute atomic E-state index is 12.5. The second kappa shape index (κ2) is 11.0. The van der Waals surface area contributed by atoms with Crippen LogP contribution in [0.3, 0.4) is 0 Å². The van der Waals surface area contributed by atoms with E-state index in [0.717, 1.165) is 22.3 Å². The van der Waals surface area contributed by atoms with Gasteiger partial charge in [-0.2, -0.15) is 0 Å². The molecule has 0 saturated carbocycles. The smallest absolute Gasteiger partial charge is 0.413 e. The molecule has 3 aromatic rings. The Balaban J connectivity index is 1.30. The molecular weight excluding hydrogens is 494 g/mol. The number of hydrogen-bond acceptors (Lipinski definition) is 7. The lowest BCUT2D eigenvalue weighted by Gasteiger charge is -2.18. The fourth-order valence-electron chi connectivity index (χ4n) is 4.20. The molecule has 0 saturated heterocycles. The molecule has 0 radical (unpaired) electrons. The van der Waals surface area contributed by atoms with E-state index in [0.29, 0.717) is 10.8 Å². The Hall–Kier alpha value is -3.92. The lowest BCUT2D eigenvalue weighted by Crippen LogP contribution is -2.41. The van der Waals surface area contributed by atoms with Gasteiger partial charge in [0.15, 0.2) is 5.13 Å². The minimum atomic E-state index is -1.17. The number of nitrogens with zero attached hydrogens (tertiary/aromatic N) is 1. The highest BCUT2D eigenvalue weighted by Gasteiger charge is 2.30. The van der Waals surface area contributed by atoms with Crippen LogP contribution in [-0.4, -0.2) is 46.5 Å². The molecule has 10 heteroatoms. The van der Waals surface area contributed by atoms with E-state index in [9.17, 15) is 19.5 Å². The average Bonchev–Trinajstić information content (AvgIpc) is 3.41. The first kappa shape index (κ1) is 26.2. The molecule has 0 aliphatic heterocycles. The van der Waals surface area contributed by atoms with Crippen molar-refractivity contribution < 1.29 is 29.0 Å². The second-order valence-corrected chi connectivity index (χ2v) is 10.5. The number of anilines is 1. The first-order valence-electron chi connectivity index (χ1n) is 11.9. The predicted octanol–water partition coefficient (Wildman–Crippen LogP) is 5.41. The molecule has 0 bridgehead atoms. The standard InChI is InChI=1S/C27H29N3O6S/c1-27(2,3)36-26(34)30-24-28-16(15-37-24)12-13-22(23(31)32)29-25(33)35-14-21-19-10-6-4-8-17(19)18-9-5-7-11-20(18)21/h4-11,15,21-22H,12-14H2,1-3H3,(H,29,33)(H,31,32)(H,28,30,34)/t22-/m0/s1. The zero-order chi connectivity index (χ0) is 26.6. The van der Waals surface area contributed by atoms with E-state index in [1.54, 1.807) is 26.2 Å². The molecule has 0 fully saturated rings. The Bertz CT molecular complexity index is 1250. The van der Waals surface area contributed by atoms with Crippen LogP contribution in [0.25, 0.3) is 11.1 Å². The number of ether oxygens (including phenoxy) is 2. The molecule has 9 nitrogen and oxygen atoms in total. The Labute approximate surface area is 218 Å². The number of nitrogens with one attached hydrogen (secondary N) is 2. The molecular formula is C27H29N3O6S. The van der Waals surface area contributed by atoms with Crippen LogP contribution in [-0.2, 0) is 20.7 Å². The number of hydrogen-bond donors (Lipinski definition) is 3. The van der Waals surface area contributed by atoms with Gasteiger partial charge in [0.2, 0.25) is 0 Å². The maximum Gasteiger partial charge on any atom is 0.413 e. The van der Waals surface area contributed by atoms with Gasteiger partial charge in [-0.1, -0.05) is 48.5 Å². The summed E-state index contributed by atoms with van der Waals surface area (Å²) in [5, 5.41) is 16.7. The van der Waals surface area contributed by atoms with Crippen molar-refractivity contribution in [2.45, 2.75) is 51.2 Å². The van der Waals surface area contributed by atoms with Crippen molar-refractivity contribution in [1.82, 2.24) is 10.3 Å². The summed E-state index contributed by atoms with van der Waals surface area (Å²) in [7, 11) is 0. The molecule has 2 amide bonds. The maximum atomic E-state index is 12.5. The number of carbonyl (C=O) groups excluding carboxylic acids is 2. The third kappa shape index (κ3) is 6.65. The number of aryl methyl sites for hydroxylation is 1. The van der Waals surface area contributed by atoms with Crippen molar-refractivity contribution in [2.75, 3.05) is 11.9 Å². The van der Waals surface area contributed by atoms with Gasteiger partial charge >= 0.3 is 18.2 Å². The number of benzene rings is 2. The highest BCUT2D eigenvalue weighted by Crippen LogP contribution is 2.44. The van der Waals surface area contributed by atoms with E-state index in [4.69, 9.17) is 9.47 Å². The molecule has 37 heavy (non-hydrogen) atoms. The number of fused-ring (bicyclic) bond motifs is 3. The first-order chi connectivity index (χ1) is 17.6. The molecule has 1 aliphatic rings. The third-order valence-corrected chi connectivity index (χ3v) is 6.59. The van der Waals surface area contributed by atoms with E-state index in [1.807, 2.05) is 48.5 Å². The van der Waals surface area contributed by atoms with Crippen LogP contribution >= 0.6 is 11.3 Å². The Morgan fingerprint density at radius 1 is 1.03 bits per heavy atom. The normalized spacial score (nSPS) is 13.3. The van der Waals surface area contributed by atoms with Crippen LogP contribution in [0.2, 0.25) is 0 Å². The molecule has 2 aromatic carbocycles. The summed E-state index contributed by atoms with van der Waals surface area (Å²) < 4.78 is 10.7. The van der Waals surface area contributed by atoms with Crippen LogP contribution < -0.4 is 10.6 Å². The number of carboxylic acid groups (broad SMARTS) is 1. The van der Waals surface area contributed by atoms with E-state index < -0.39 is 29.8 Å². The Morgan fingerprint density at radius 3 is 2.24 bits per heavy atom. The lowest BCUT2D eigenvalue weighted by atomic mass is 9.98. The molecule has 1 heterocycles. The molecule has 194 valence electrons. The van der Waals surface area contributed by atoms with Gasteiger partial charge in [0.25, 0.3) is 0 Å². The molecule has 1 atom stereocenters. The Morgan fingerprint density at radius 2 is 1.65 bits per heavy atom. The molecule has 3 N–H and O–H groups in total. The van der Waals surface area contributed by atoms with E-state index in [1.165, 1.54) is 11.3 Å². The summed E-state index contributed by atoms with van der Waals surface area (Å²) in [4.78, 5) is 40.5. The number of carbonyl (C=O) groups is 3. The number of amides is 2. The zero-order valence-corrected chi connectivity index (χ0v) is 21.6. The largest absolute Gasteiger partial charge is 0.480 e. The van der Waals surface area contributed by atoms with Crippen LogP contribution in [0.1, 0.15) is 49.9 Å². The van der Waals surface area contributed by atoms with Gasteiger partial charge in [0.05, 0.1) is 5.69 Å². The highest BCUT2D eigenvalue weighted by molar-refractivity contribution is 7.13. The number of carboxylic acids is 1. The van der Waals surface area contributed by atoms with Crippen LogP contribution in [0.4, 0.5) is 14.7 Å². The van der Waals surface area contributed by atoms with Crippen molar-refractivity contribution in [1.29, 1.82) is 0 Å². The number of rotatable bonds is 8. The third-order valence-electron chi connectivity index (χ3n) is 5.78. The van der Waals surface area contributed by atoms with Gasteiger partial charge in [0.1, 0.15) is 18.2 Å². The van der Waals surface area contributed by atoms with Crippen molar-refractivity contribution in [3.05, 3.63) is 70.7 Å². The summed E-state index contributed by atoms with van der Waals surface area (Å²) in [6.07, 6.45) is -1.02. The summed E-state index contributed by atoms with van der Waals surface area (Å²) in [5.41, 5.74) is 4.33. The summed E-state index contributed by atoms with van der Waals surface area (Å²) >= 11 is 1.21. The van der Waals surface area contributed by atoms with Crippen molar-refractivity contribution in [2.24, 2.45) is 0 Å². The van der Waals surface area contributed by atoms with E-state index in [-0.39, 0.29) is 25.4 Å². The zero-order valence-electron chi connectivity index (χ0n) is 20.8. The van der Waals surface area contributed by atoms with Crippen molar-refractivity contribution in [3.8, 4) is 11.1 Å². The monoisotopic (exact) mass is 523 g/mol. The van der Waals surface area contributed by atoms with Crippen molar-refractivity contribution in [3.63, 3.8) is 0 Å². The van der Waals surface area contributed by atoms with Gasteiger partial charge in [-0.05, 0) is 55.9 Å². The molecule has 0 unspecified atom stereocenters. The van der Waals surface area contributed by atoms with Gasteiger partial charge < -0.3 is 19.9 Å². The number of aromatic nitrogens is 1. The van der Waals surface area contributed by atoms with E-state index in [2.05, 4.69) is 15.6 Å². The Kier molecular flexibility index (Phi) is 7.77. The van der Waals surface area contributed by atoms with Gasteiger partial charge in [0, 0.05) is 11.3 Å². The fraction of sp³-hybridized carbons (Fsp3) is 0.333. The van der Waals surface area contributed by atoms with Crippen LogP contribution in [0, 0.1) is 0 Å².